The molecule has 0 bridgehead atoms. The lowest BCUT2D eigenvalue weighted by Crippen LogP contribution is -2.32. The molecule has 2 N–H and O–H groups in total. The zero-order valence-electron chi connectivity index (χ0n) is 13.0. The molecule has 0 aliphatic carbocycles. The van der Waals surface area contributed by atoms with E-state index in [2.05, 4.69) is 15.0 Å². The average molecular weight is 351 g/mol. The summed E-state index contributed by atoms with van der Waals surface area (Å²) in [6, 6.07) is 4.75. The quantitative estimate of drug-likeness (QED) is 0.890. The Balaban J connectivity index is 1.99. The maximum absolute atomic E-state index is 12.5. The van der Waals surface area contributed by atoms with Crippen molar-refractivity contribution in [1.29, 1.82) is 0 Å². The van der Waals surface area contributed by atoms with Crippen LogP contribution < -0.4 is 10.0 Å². The number of benzene rings is 1. The predicted molar refractivity (Wildman–Crippen MR) is 90.4 cm³/mol. The molecule has 23 heavy (non-hydrogen) atoms. The van der Waals surface area contributed by atoms with E-state index in [-0.39, 0.29) is 10.8 Å². The molecule has 0 saturated carbocycles. The van der Waals surface area contributed by atoms with Crippen LogP contribution in [0.5, 0.6) is 0 Å². The second-order valence-electron chi connectivity index (χ2n) is 6.20. The Morgan fingerprint density at radius 2 is 2.09 bits per heavy atom. The van der Waals surface area contributed by atoms with Gasteiger partial charge >= 0.3 is 0 Å². The minimum atomic E-state index is -3.71. The first-order valence-electron chi connectivity index (χ1n) is 7.07. The number of nitrogens with zero attached hydrogens (tertiary/aromatic N) is 1. The van der Waals surface area contributed by atoms with Crippen molar-refractivity contribution in [3.8, 4) is 0 Å². The van der Waals surface area contributed by atoms with E-state index in [0.29, 0.717) is 17.2 Å². The molecule has 0 atom stereocenters. The van der Waals surface area contributed by atoms with Crippen molar-refractivity contribution in [2.45, 2.75) is 37.5 Å². The highest BCUT2D eigenvalue weighted by molar-refractivity contribution is 7.93. The molecule has 1 aliphatic heterocycles. The average Bonchev–Trinajstić information content (AvgIpc) is 2.81. The van der Waals surface area contributed by atoms with Crippen LogP contribution in [-0.2, 0) is 20.2 Å². The second kappa shape index (κ2) is 5.31. The Labute approximate surface area is 139 Å². The Morgan fingerprint density at radius 3 is 2.74 bits per heavy atom. The van der Waals surface area contributed by atoms with Crippen molar-refractivity contribution < 1.29 is 13.2 Å². The van der Waals surface area contributed by atoms with E-state index in [1.54, 1.807) is 18.3 Å². The number of aromatic nitrogens is 1. The summed E-state index contributed by atoms with van der Waals surface area (Å²) in [4.78, 5) is 16.8. The predicted octanol–water partition coefficient (Wildman–Crippen LogP) is 2.87. The molecule has 1 aliphatic rings. The van der Waals surface area contributed by atoms with Crippen LogP contribution in [-0.4, -0.2) is 19.3 Å². The molecule has 0 spiro atoms. The van der Waals surface area contributed by atoms with E-state index in [4.69, 9.17) is 0 Å². The Bertz CT molecular complexity index is 885. The maximum Gasteiger partial charge on any atom is 0.263 e. The largest absolute Gasteiger partial charge is 0.326 e. The van der Waals surface area contributed by atoms with Gasteiger partial charge in [0.1, 0.15) is 0 Å². The van der Waals surface area contributed by atoms with Crippen molar-refractivity contribution in [2.75, 3.05) is 10.0 Å². The van der Waals surface area contributed by atoms with Gasteiger partial charge in [-0.25, -0.2) is 13.4 Å². The first kappa shape index (κ1) is 15.9. The Hall–Kier alpha value is -1.93. The third-order valence-corrected chi connectivity index (χ3v) is 6.04. The number of thiazole rings is 1. The number of carbonyl (C=O) groups is 1. The van der Waals surface area contributed by atoms with E-state index < -0.39 is 15.4 Å². The minimum Gasteiger partial charge on any atom is -0.326 e. The number of carbonyl (C=O) groups excluding carboxylic acids is 1. The summed E-state index contributed by atoms with van der Waals surface area (Å²) in [5.74, 6) is -0.0607. The van der Waals surface area contributed by atoms with E-state index in [1.807, 2.05) is 20.8 Å². The van der Waals surface area contributed by atoms with Gasteiger partial charge in [0.05, 0.1) is 4.90 Å². The zero-order valence-corrected chi connectivity index (χ0v) is 14.6. The van der Waals surface area contributed by atoms with E-state index in [0.717, 1.165) is 10.4 Å². The molecule has 0 unspecified atom stereocenters. The normalized spacial score (nSPS) is 16.6. The molecule has 122 valence electrons. The van der Waals surface area contributed by atoms with Crippen molar-refractivity contribution >= 4 is 38.1 Å². The summed E-state index contributed by atoms with van der Waals surface area (Å²) in [6.07, 6.45) is 1.94. The van der Waals surface area contributed by atoms with Gasteiger partial charge in [0.2, 0.25) is 5.91 Å². The highest BCUT2D eigenvalue weighted by Gasteiger charge is 2.33. The summed E-state index contributed by atoms with van der Waals surface area (Å²) >= 11 is 1.28. The molecule has 3 rings (SSSR count). The molecule has 2 heterocycles. The summed E-state index contributed by atoms with van der Waals surface area (Å²) in [5.41, 5.74) is 1.06. The van der Waals surface area contributed by atoms with Gasteiger partial charge in [0, 0.05) is 28.6 Å². The number of nitrogens with one attached hydrogen (secondary N) is 2. The number of sulfonamides is 1. The van der Waals surface area contributed by atoms with Crippen LogP contribution >= 0.6 is 11.3 Å². The molecule has 2 aromatic rings. The van der Waals surface area contributed by atoms with Crippen molar-refractivity contribution in [1.82, 2.24) is 4.98 Å². The number of rotatable bonds is 3. The standard InChI is InChI=1S/C15H17N3O3S2/c1-9-8-16-14(22-9)18-23(20,21)10-4-5-12-11(6-10)15(2,3)7-13(19)17-12/h4-6,8H,7H2,1-3H3,(H,16,18)(H,17,19). The number of anilines is 2. The highest BCUT2D eigenvalue weighted by atomic mass is 32.2. The molecule has 6 nitrogen and oxygen atoms in total. The minimum absolute atomic E-state index is 0.0607. The third kappa shape index (κ3) is 3.09. The molecule has 0 radical (unpaired) electrons. The number of amides is 1. The SMILES string of the molecule is Cc1cnc(NS(=O)(=O)c2ccc3c(c2)C(C)(C)CC(=O)N3)s1. The number of aryl methyl sites for hydroxylation is 1. The van der Waals surface area contributed by atoms with Gasteiger partial charge in [-0.1, -0.05) is 13.8 Å². The van der Waals surface area contributed by atoms with Crippen LogP contribution in [0.25, 0.3) is 0 Å². The third-order valence-electron chi connectivity index (χ3n) is 3.75. The van der Waals surface area contributed by atoms with Gasteiger partial charge in [0.15, 0.2) is 5.13 Å². The smallest absolute Gasteiger partial charge is 0.263 e. The van der Waals surface area contributed by atoms with Crippen LogP contribution in [0.1, 0.15) is 30.7 Å². The van der Waals surface area contributed by atoms with Gasteiger partial charge in [-0.05, 0) is 30.7 Å². The van der Waals surface area contributed by atoms with Gasteiger partial charge < -0.3 is 5.32 Å². The number of hydrogen-bond donors (Lipinski definition) is 2. The first-order chi connectivity index (χ1) is 10.7. The lowest BCUT2D eigenvalue weighted by atomic mass is 9.78. The zero-order chi connectivity index (χ0) is 16.8. The molecule has 1 amide bonds. The highest BCUT2D eigenvalue weighted by Crippen LogP contribution is 2.38. The van der Waals surface area contributed by atoms with E-state index >= 15 is 0 Å². The van der Waals surface area contributed by atoms with Crippen LogP contribution in [0.3, 0.4) is 0 Å². The van der Waals surface area contributed by atoms with Crippen LogP contribution in [0.4, 0.5) is 10.8 Å². The maximum atomic E-state index is 12.5. The topological polar surface area (TPSA) is 88.2 Å². The van der Waals surface area contributed by atoms with Crippen LogP contribution in [0.2, 0.25) is 0 Å². The molecule has 1 aromatic heterocycles. The number of fused-ring (bicyclic) bond motifs is 1. The Kier molecular flexibility index (Phi) is 3.68. The summed E-state index contributed by atoms with van der Waals surface area (Å²) in [6.45, 7) is 5.72. The van der Waals surface area contributed by atoms with Crippen molar-refractivity contribution in [3.63, 3.8) is 0 Å². The monoisotopic (exact) mass is 351 g/mol. The second-order valence-corrected chi connectivity index (χ2v) is 9.11. The summed E-state index contributed by atoms with van der Waals surface area (Å²) < 4.78 is 27.6. The fourth-order valence-corrected chi connectivity index (χ4v) is 4.56. The van der Waals surface area contributed by atoms with Gasteiger partial charge in [0.25, 0.3) is 10.0 Å². The molecular weight excluding hydrogens is 334 g/mol. The van der Waals surface area contributed by atoms with Crippen LogP contribution in [0.15, 0.2) is 29.3 Å². The van der Waals surface area contributed by atoms with Crippen LogP contribution in [0, 0.1) is 6.92 Å². The fraction of sp³-hybridized carbons (Fsp3) is 0.333. The molecule has 0 saturated heterocycles. The van der Waals surface area contributed by atoms with Gasteiger partial charge in [-0.2, -0.15) is 0 Å². The summed E-state index contributed by atoms with van der Waals surface area (Å²) in [5, 5.41) is 3.12. The molecular formula is C15H17N3O3S2. The van der Waals surface area contributed by atoms with Crippen molar-refractivity contribution in [3.05, 3.63) is 34.8 Å². The van der Waals surface area contributed by atoms with Crippen molar-refractivity contribution in [2.24, 2.45) is 0 Å². The number of hydrogen-bond acceptors (Lipinski definition) is 5. The van der Waals surface area contributed by atoms with Gasteiger partial charge in [-0.15, -0.1) is 11.3 Å². The fourth-order valence-electron chi connectivity index (χ4n) is 2.63. The van der Waals surface area contributed by atoms with E-state index in [1.165, 1.54) is 17.4 Å². The lowest BCUT2D eigenvalue weighted by molar-refractivity contribution is -0.117. The Morgan fingerprint density at radius 1 is 1.35 bits per heavy atom. The van der Waals surface area contributed by atoms with E-state index in [9.17, 15) is 13.2 Å². The molecule has 1 aromatic carbocycles. The lowest BCUT2D eigenvalue weighted by Gasteiger charge is -2.32. The molecule has 8 heteroatoms. The van der Waals surface area contributed by atoms with Gasteiger partial charge in [-0.3, -0.25) is 9.52 Å². The molecule has 0 fully saturated rings. The first-order valence-corrected chi connectivity index (χ1v) is 9.37. The summed E-state index contributed by atoms with van der Waals surface area (Å²) in [7, 11) is -3.71.